The Morgan fingerprint density at radius 2 is 2.00 bits per heavy atom. The van der Waals surface area contributed by atoms with E-state index in [0.717, 1.165) is 11.1 Å². The Labute approximate surface area is 101 Å². The summed E-state index contributed by atoms with van der Waals surface area (Å²) < 4.78 is 0. The molecule has 2 rings (SSSR count). The Morgan fingerprint density at radius 3 is 2.50 bits per heavy atom. The second-order valence-electron chi connectivity index (χ2n) is 4.64. The van der Waals surface area contributed by atoms with E-state index in [-0.39, 0.29) is 5.91 Å². The first-order valence-electron chi connectivity index (χ1n) is 5.52. The molecule has 0 saturated heterocycles. The van der Waals surface area contributed by atoms with Crippen molar-refractivity contribution >= 4 is 17.5 Å². The second kappa shape index (κ2) is 4.10. The molecule has 0 unspecified atom stereocenters. The average Bonchev–Trinajstić information content (AvgIpc) is 3.03. The van der Waals surface area contributed by atoms with Crippen molar-refractivity contribution in [3.8, 4) is 0 Å². The minimum absolute atomic E-state index is 0.0295. The normalized spacial score (nSPS) is 15.0. The molecule has 86 valence electrons. The van der Waals surface area contributed by atoms with E-state index in [1.807, 2.05) is 13.0 Å². The summed E-state index contributed by atoms with van der Waals surface area (Å²) in [5, 5.41) is 0.665. The number of benzene rings is 1. The maximum absolute atomic E-state index is 12.0. The minimum Gasteiger partial charge on any atom is -0.345 e. The van der Waals surface area contributed by atoms with Crippen LogP contribution in [0.25, 0.3) is 0 Å². The Morgan fingerprint density at radius 1 is 1.38 bits per heavy atom. The van der Waals surface area contributed by atoms with Crippen LogP contribution in [0, 0.1) is 6.92 Å². The van der Waals surface area contributed by atoms with Crippen molar-refractivity contribution < 1.29 is 4.79 Å². The van der Waals surface area contributed by atoms with Crippen LogP contribution in [0.2, 0.25) is 5.02 Å². The van der Waals surface area contributed by atoms with Gasteiger partial charge in [0.05, 0.1) is 0 Å². The van der Waals surface area contributed by atoms with Crippen molar-refractivity contribution in [3.05, 3.63) is 33.8 Å². The van der Waals surface area contributed by atoms with Crippen LogP contribution in [-0.2, 0) is 0 Å². The van der Waals surface area contributed by atoms with E-state index in [1.165, 1.54) is 18.4 Å². The van der Waals surface area contributed by atoms with Gasteiger partial charge >= 0.3 is 0 Å². The molecular formula is C13H16ClNO. The van der Waals surface area contributed by atoms with E-state index in [1.54, 1.807) is 25.1 Å². The topological polar surface area (TPSA) is 20.3 Å². The van der Waals surface area contributed by atoms with Crippen molar-refractivity contribution in [1.29, 1.82) is 0 Å². The van der Waals surface area contributed by atoms with Gasteiger partial charge in [-0.1, -0.05) is 11.6 Å². The number of hydrogen-bond acceptors (Lipinski definition) is 1. The summed E-state index contributed by atoms with van der Waals surface area (Å²) in [4.78, 5) is 13.6. The number of halogens is 1. The smallest absolute Gasteiger partial charge is 0.253 e. The van der Waals surface area contributed by atoms with Crippen molar-refractivity contribution in [3.63, 3.8) is 0 Å². The molecule has 1 saturated carbocycles. The molecule has 0 spiro atoms. The molecule has 0 atom stereocenters. The molecule has 1 amide bonds. The first-order valence-corrected chi connectivity index (χ1v) is 5.90. The SMILES string of the molecule is Cc1c(C(=O)N(C)C)cc(Cl)cc1C1CC1. The average molecular weight is 238 g/mol. The predicted octanol–water partition coefficient (Wildman–Crippen LogP) is 3.23. The van der Waals surface area contributed by atoms with Gasteiger partial charge in [-0.15, -0.1) is 0 Å². The van der Waals surface area contributed by atoms with Gasteiger partial charge < -0.3 is 4.90 Å². The van der Waals surface area contributed by atoms with E-state index < -0.39 is 0 Å². The molecule has 0 aromatic heterocycles. The van der Waals surface area contributed by atoms with E-state index in [0.29, 0.717) is 10.9 Å². The lowest BCUT2D eigenvalue weighted by atomic mass is 9.98. The minimum atomic E-state index is 0.0295. The summed E-state index contributed by atoms with van der Waals surface area (Å²) in [6.45, 7) is 2.01. The fourth-order valence-electron chi connectivity index (χ4n) is 1.98. The first-order chi connectivity index (χ1) is 7.50. The van der Waals surface area contributed by atoms with Crippen molar-refractivity contribution in [2.75, 3.05) is 14.1 Å². The van der Waals surface area contributed by atoms with Crippen molar-refractivity contribution in [2.45, 2.75) is 25.7 Å². The first kappa shape index (κ1) is 11.5. The highest BCUT2D eigenvalue weighted by Gasteiger charge is 2.27. The largest absolute Gasteiger partial charge is 0.345 e. The zero-order valence-corrected chi connectivity index (χ0v) is 10.6. The van der Waals surface area contributed by atoms with Crippen LogP contribution in [0.15, 0.2) is 12.1 Å². The molecule has 2 nitrogen and oxygen atoms in total. The predicted molar refractivity (Wildman–Crippen MR) is 66.2 cm³/mol. The Hall–Kier alpha value is -1.02. The van der Waals surface area contributed by atoms with Gasteiger partial charge in [-0.25, -0.2) is 0 Å². The standard InChI is InChI=1S/C13H16ClNO/c1-8-11(9-4-5-9)6-10(14)7-12(8)13(16)15(2)3/h6-7,9H,4-5H2,1-3H3. The fraction of sp³-hybridized carbons (Fsp3) is 0.462. The van der Waals surface area contributed by atoms with Gasteiger partial charge in [-0.05, 0) is 48.9 Å². The zero-order valence-electron chi connectivity index (χ0n) is 9.88. The van der Waals surface area contributed by atoms with Gasteiger partial charge in [0.15, 0.2) is 0 Å². The molecule has 1 aliphatic rings. The molecule has 1 aromatic carbocycles. The number of carbonyl (C=O) groups is 1. The van der Waals surface area contributed by atoms with Crippen LogP contribution in [-0.4, -0.2) is 24.9 Å². The lowest BCUT2D eigenvalue weighted by Gasteiger charge is -2.15. The summed E-state index contributed by atoms with van der Waals surface area (Å²) in [5.74, 6) is 0.648. The monoisotopic (exact) mass is 237 g/mol. The van der Waals surface area contributed by atoms with Gasteiger partial charge in [0, 0.05) is 24.7 Å². The van der Waals surface area contributed by atoms with E-state index in [9.17, 15) is 4.79 Å². The van der Waals surface area contributed by atoms with Gasteiger partial charge in [0.25, 0.3) is 5.91 Å². The Bertz CT molecular complexity index is 436. The zero-order chi connectivity index (χ0) is 11.9. The number of amides is 1. The third-order valence-corrected chi connectivity index (χ3v) is 3.28. The number of rotatable bonds is 2. The van der Waals surface area contributed by atoms with E-state index in [2.05, 4.69) is 0 Å². The maximum Gasteiger partial charge on any atom is 0.253 e. The van der Waals surface area contributed by atoms with Crippen LogP contribution in [0.3, 0.4) is 0 Å². The molecule has 1 aromatic rings. The summed E-state index contributed by atoms with van der Waals surface area (Å²) in [6.07, 6.45) is 2.44. The lowest BCUT2D eigenvalue weighted by Crippen LogP contribution is -2.23. The molecule has 3 heteroatoms. The highest BCUT2D eigenvalue weighted by molar-refractivity contribution is 6.31. The summed E-state index contributed by atoms with van der Waals surface area (Å²) in [7, 11) is 3.53. The van der Waals surface area contributed by atoms with Crippen LogP contribution in [0.4, 0.5) is 0 Å². The van der Waals surface area contributed by atoms with Crippen LogP contribution < -0.4 is 0 Å². The van der Waals surface area contributed by atoms with Gasteiger partial charge in [0.1, 0.15) is 0 Å². The second-order valence-corrected chi connectivity index (χ2v) is 5.08. The molecule has 0 heterocycles. The fourth-order valence-corrected chi connectivity index (χ4v) is 2.21. The summed E-state index contributed by atoms with van der Waals surface area (Å²) in [6, 6.07) is 3.77. The van der Waals surface area contributed by atoms with Gasteiger partial charge in [-0.2, -0.15) is 0 Å². The Kier molecular flexibility index (Phi) is 2.94. The third-order valence-electron chi connectivity index (χ3n) is 3.07. The molecular weight excluding hydrogens is 222 g/mol. The maximum atomic E-state index is 12.0. The highest BCUT2D eigenvalue weighted by Crippen LogP contribution is 2.43. The molecule has 0 radical (unpaired) electrons. The lowest BCUT2D eigenvalue weighted by molar-refractivity contribution is 0.0827. The van der Waals surface area contributed by atoms with E-state index in [4.69, 9.17) is 11.6 Å². The van der Waals surface area contributed by atoms with Crippen LogP contribution in [0.1, 0.15) is 40.2 Å². The van der Waals surface area contributed by atoms with Gasteiger partial charge in [0.2, 0.25) is 0 Å². The summed E-state index contributed by atoms with van der Waals surface area (Å²) >= 11 is 6.07. The molecule has 1 fully saturated rings. The molecule has 0 aliphatic heterocycles. The van der Waals surface area contributed by atoms with E-state index >= 15 is 0 Å². The van der Waals surface area contributed by atoms with Crippen LogP contribution in [0.5, 0.6) is 0 Å². The highest BCUT2D eigenvalue weighted by atomic mass is 35.5. The molecule has 1 aliphatic carbocycles. The Balaban J connectivity index is 2.48. The quantitative estimate of drug-likeness (QED) is 0.774. The number of carbonyl (C=O) groups excluding carboxylic acids is 1. The molecule has 16 heavy (non-hydrogen) atoms. The van der Waals surface area contributed by atoms with Crippen molar-refractivity contribution in [2.24, 2.45) is 0 Å². The molecule has 0 N–H and O–H groups in total. The number of hydrogen-bond donors (Lipinski definition) is 0. The van der Waals surface area contributed by atoms with Gasteiger partial charge in [-0.3, -0.25) is 4.79 Å². The van der Waals surface area contributed by atoms with Crippen LogP contribution >= 0.6 is 11.6 Å². The third kappa shape index (κ3) is 2.07. The summed E-state index contributed by atoms with van der Waals surface area (Å²) in [5.41, 5.74) is 3.07. The number of nitrogens with zero attached hydrogens (tertiary/aromatic N) is 1. The van der Waals surface area contributed by atoms with Crippen molar-refractivity contribution in [1.82, 2.24) is 4.90 Å². The molecule has 0 bridgehead atoms.